The largest absolute Gasteiger partial charge is 0.455 e. The monoisotopic (exact) mass is 919 g/mol. The van der Waals surface area contributed by atoms with E-state index in [1.165, 1.54) is 5.39 Å². The highest BCUT2D eigenvalue weighted by molar-refractivity contribution is 6.26. The number of para-hydroxylation sites is 7. The standard InChI is InChI=1S/C65H37N5O2/c1-2-20-40(21-3-1)69-52-32-12-8-22-41(52)45-28-16-30-49(59(45)69)63-66-64(50-31-17-29-46-43-24-10-14-34-55(43)71-61(46)50)68-65(67-63)58-44-25-6-7-26-47(44)62-57(48-27-11-15-35-56(48)72-62)60(58)70-53-33-13-9-23-42(53)51-36-38-18-4-5-19-39(38)37-54(51)70/h1-37H. The summed E-state index contributed by atoms with van der Waals surface area (Å²) in [6.07, 6.45) is 0. The third-order valence-electron chi connectivity index (χ3n) is 14.7. The smallest absolute Gasteiger partial charge is 0.167 e. The van der Waals surface area contributed by atoms with Crippen LogP contribution in [0, 0.1) is 0 Å². The van der Waals surface area contributed by atoms with Gasteiger partial charge in [-0.2, -0.15) is 0 Å². The first kappa shape index (κ1) is 39.0. The molecule has 7 nitrogen and oxygen atoms in total. The van der Waals surface area contributed by atoms with Gasteiger partial charge in [0.1, 0.15) is 22.3 Å². The van der Waals surface area contributed by atoms with Crippen LogP contribution in [-0.4, -0.2) is 24.1 Å². The van der Waals surface area contributed by atoms with Crippen molar-refractivity contribution < 1.29 is 8.83 Å². The van der Waals surface area contributed by atoms with Gasteiger partial charge in [0.25, 0.3) is 0 Å². The lowest BCUT2D eigenvalue weighted by Gasteiger charge is -2.19. The molecule has 0 saturated carbocycles. The van der Waals surface area contributed by atoms with Gasteiger partial charge in [-0.15, -0.1) is 0 Å². The van der Waals surface area contributed by atoms with E-state index in [0.29, 0.717) is 23.1 Å². The zero-order valence-corrected chi connectivity index (χ0v) is 38.4. The predicted molar refractivity (Wildman–Crippen MR) is 294 cm³/mol. The highest BCUT2D eigenvalue weighted by atomic mass is 16.3. The minimum absolute atomic E-state index is 0.499. The number of aromatic nitrogens is 5. The first-order valence-corrected chi connectivity index (χ1v) is 24.3. The van der Waals surface area contributed by atoms with Gasteiger partial charge in [0, 0.05) is 54.3 Å². The van der Waals surface area contributed by atoms with Crippen molar-refractivity contribution in [3.05, 3.63) is 224 Å². The Hall–Kier alpha value is -9.85. The van der Waals surface area contributed by atoms with E-state index in [1.54, 1.807) is 0 Å². The summed E-state index contributed by atoms with van der Waals surface area (Å²) in [6.45, 7) is 0. The zero-order valence-electron chi connectivity index (χ0n) is 38.4. The van der Waals surface area contributed by atoms with Gasteiger partial charge in [-0.1, -0.05) is 164 Å². The summed E-state index contributed by atoms with van der Waals surface area (Å²) in [7, 11) is 0. The van der Waals surface area contributed by atoms with E-state index >= 15 is 0 Å². The second kappa shape index (κ2) is 14.8. The van der Waals surface area contributed by atoms with E-state index < -0.39 is 0 Å². The molecule has 334 valence electrons. The average molecular weight is 920 g/mol. The summed E-state index contributed by atoms with van der Waals surface area (Å²) in [6, 6.07) is 78.9. The van der Waals surface area contributed by atoms with Crippen LogP contribution in [0.2, 0.25) is 0 Å². The number of rotatable bonds is 5. The molecule has 0 spiro atoms. The molecule has 0 radical (unpaired) electrons. The van der Waals surface area contributed by atoms with Gasteiger partial charge in [0.2, 0.25) is 0 Å². The van der Waals surface area contributed by atoms with E-state index in [0.717, 1.165) is 126 Å². The molecule has 0 aliphatic heterocycles. The van der Waals surface area contributed by atoms with E-state index in [2.05, 4.69) is 215 Å². The van der Waals surface area contributed by atoms with Crippen molar-refractivity contribution in [3.8, 4) is 45.5 Å². The van der Waals surface area contributed by atoms with Crippen LogP contribution >= 0.6 is 0 Å². The topological polar surface area (TPSA) is 74.8 Å². The molecule has 0 atom stereocenters. The van der Waals surface area contributed by atoms with Gasteiger partial charge in [0.05, 0.1) is 44.3 Å². The third kappa shape index (κ3) is 5.47. The van der Waals surface area contributed by atoms with Gasteiger partial charge in [0.15, 0.2) is 17.5 Å². The molecule has 0 aliphatic rings. The van der Waals surface area contributed by atoms with E-state index in [4.69, 9.17) is 23.8 Å². The number of nitrogens with zero attached hydrogens (tertiary/aromatic N) is 5. The van der Waals surface area contributed by atoms with Crippen LogP contribution in [0.5, 0.6) is 0 Å². The summed E-state index contributed by atoms with van der Waals surface area (Å²) in [5, 5.41) is 12.8. The Morgan fingerprint density at radius 3 is 1.61 bits per heavy atom. The Morgan fingerprint density at radius 1 is 0.319 bits per heavy atom. The fourth-order valence-corrected chi connectivity index (χ4v) is 11.7. The summed E-state index contributed by atoms with van der Waals surface area (Å²) < 4.78 is 18.6. The summed E-state index contributed by atoms with van der Waals surface area (Å²) in [4.78, 5) is 17.0. The molecule has 0 aliphatic carbocycles. The Kier molecular flexibility index (Phi) is 8.04. The van der Waals surface area contributed by atoms with Gasteiger partial charge >= 0.3 is 0 Å². The van der Waals surface area contributed by atoms with Crippen LogP contribution in [0.15, 0.2) is 233 Å². The lowest BCUT2D eigenvalue weighted by Crippen LogP contribution is -2.06. The van der Waals surface area contributed by atoms with Crippen molar-refractivity contribution in [3.63, 3.8) is 0 Å². The summed E-state index contributed by atoms with van der Waals surface area (Å²) in [5.41, 5.74) is 11.8. The van der Waals surface area contributed by atoms with Crippen LogP contribution in [-0.2, 0) is 0 Å². The van der Waals surface area contributed by atoms with Crippen molar-refractivity contribution in [1.82, 2.24) is 24.1 Å². The molecule has 16 rings (SSSR count). The van der Waals surface area contributed by atoms with Crippen LogP contribution in [0.1, 0.15) is 0 Å². The van der Waals surface area contributed by atoms with E-state index in [1.807, 2.05) is 18.2 Å². The third-order valence-corrected chi connectivity index (χ3v) is 14.7. The molecule has 0 N–H and O–H groups in total. The maximum absolute atomic E-state index is 7.00. The molecule has 5 heterocycles. The maximum Gasteiger partial charge on any atom is 0.167 e. The minimum atomic E-state index is 0.499. The molecule has 11 aromatic carbocycles. The Bertz CT molecular complexity index is 4940. The second-order valence-corrected chi connectivity index (χ2v) is 18.6. The number of benzene rings is 11. The van der Waals surface area contributed by atoms with Crippen LogP contribution < -0.4 is 0 Å². The first-order chi connectivity index (χ1) is 35.7. The lowest BCUT2D eigenvalue weighted by molar-refractivity contribution is 0.669. The first-order valence-electron chi connectivity index (χ1n) is 24.3. The van der Waals surface area contributed by atoms with Crippen LogP contribution in [0.4, 0.5) is 0 Å². The average Bonchev–Trinajstić information content (AvgIpc) is 4.20. The van der Waals surface area contributed by atoms with E-state index in [-0.39, 0.29) is 0 Å². The SMILES string of the molecule is c1ccc(-n2c3ccccc3c3cccc(-c4nc(-c5c(-n6c7ccccc7c7cc8ccccc8cc76)c6c7ccccc7oc6c6ccccc56)nc(-c5cccc6c5oc5ccccc56)n4)c32)cc1. The molecule has 72 heavy (non-hydrogen) atoms. The lowest BCUT2D eigenvalue weighted by atomic mass is 9.96. The molecule has 0 unspecified atom stereocenters. The molecule has 16 aromatic rings. The summed E-state index contributed by atoms with van der Waals surface area (Å²) in [5.74, 6) is 1.56. The minimum Gasteiger partial charge on any atom is -0.455 e. The van der Waals surface area contributed by atoms with Crippen molar-refractivity contribution in [2.75, 3.05) is 0 Å². The fraction of sp³-hybridized carbons (Fsp3) is 0. The number of furan rings is 2. The number of fused-ring (bicyclic) bond motifs is 15. The van der Waals surface area contributed by atoms with Gasteiger partial charge in [-0.3, -0.25) is 0 Å². The predicted octanol–water partition coefficient (Wildman–Crippen LogP) is 17.2. The molecule has 0 fully saturated rings. The van der Waals surface area contributed by atoms with Crippen molar-refractivity contribution in [2.45, 2.75) is 0 Å². The van der Waals surface area contributed by atoms with Crippen LogP contribution in [0.25, 0.3) is 155 Å². The molecule has 5 aromatic heterocycles. The molecule has 0 saturated heterocycles. The van der Waals surface area contributed by atoms with Gasteiger partial charge < -0.3 is 18.0 Å². The molecule has 0 amide bonds. The number of hydrogen-bond donors (Lipinski definition) is 0. The molecular formula is C65H37N5O2. The molecule has 0 bridgehead atoms. The van der Waals surface area contributed by atoms with Crippen molar-refractivity contribution >= 4 is 109 Å². The quantitative estimate of drug-likeness (QED) is 0.172. The maximum atomic E-state index is 7.00. The Balaban J connectivity index is 1.11. The Morgan fingerprint density at radius 2 is 0.833 bits per heavy atom. The van der Waals surface area contributed by atoms with Crippen molar-refractivity contribution in [2.24, 2.45) is 0 Å². The molecule has 7 heteroatoms. The highest BCUT2D eigenvalue weighted by Crippen LogP contribution is 2.49. The number of hydrogen-bond acceptors (Lipinski definition) is 5. The Labute approximate surface area is 410 Å². The van der Waals surface area contributed by atoms with Crippen molar-refractivity contribution in [1.29, 1.82) is 0 Å². The molecular weight excluding hydrogens is 883 g/mol. The summed E-state index contributed by atoms with van der Waals surface area (Å²) >= 11 is 0. The van der Waals surface area contributed by atoms with Gasteiger partial charge in [-0.05, 0) is 76.8 Å². The fourth-order valence-electron chi connectivity index (χ4n) is 11.7. The highest BCUT2D eigenvalue weighted by Gasteiger charge is 2.29. The van der Waals surface area contributed by atoms with Gasteiger partial charge in [-0.25, -0.2) is 15.0 Å². The normalized spacial score (nSPS) is 12.2. The zero-order chi connectivity index (χ0) is 47.0. The van der Waals surface area contributed by atoms with Crippen LogP contribution in [0.3, 0.4) is 0 Å². The van der Waals surface area contributed by atoms with E-state index in [9.17, 15) is 0 Å². The second-order valence-electron chi connectivity index (χ2n) is 18.6.